The maximum absolute atomic E-state index is 13.1. The molecule has 0 radical (unpaired) electrons. The number of hydrogen-bond donors (Lipinski definition) is 3. The molecule has 0 spiro atoms. The molecule has 3 N–H and O–H groups in total. The minimum Gasteiger partial charge on any atom is -0.479 e. The van der Waals surface area contributed by atoms with Crippen LogP contribution in [0.1, 0.15) is 201 Å². The van der Waals surface area contributed by atoms with E-state index in [1.165, 1.54) is 0 Å². The highest BCUT2D eigenvalue weighted by Crippen LogP contribution is 2.26. The van der Waals surface area contributed by atoms with Crippen LogP contribution in [0.15, 0.2) is 134 Å². The Kier molecular flexibility index (Phi) is 46.8. The average molecular weight is 1070 g/mol. The topological polar surface area (TPSA) is 175 Å². The number of carbonyl (C=O) groups excluding carboxylic acids is 3. The van der Waals surface area contributed by atoms with Crippen molar-refractivity contribution >= 4 is 23.9 Å². The first-order chi connectivity index (χ1) is 37.6. The third-order valence-corrected chi connectivity index (χ3v) is 12.2. The van der Waals surface area contributed by atoms with E-state index >= 15 is 0 Å². The molecule has 12 nitrogen and oxygen atoms in total. The van der Waals surface area contributed by atoms with Crippen molar-refractivity contribution < 1.29 is 58.2 Å². The van der Waals surface area contributed by atoms with Crippen molar-refractivity contribution in [2.75, 3.05) is 13.2 Å². The number of esters is 3. The zero-order valence-corrected chi connectivity index (χ0v) is 47.4. The number of rotatable bonds is 47. The highest BCUT2D eigenvalue weighted by Gasteiger charge is 2.50. The number of ether oxygens (including phenoxy) is 5. The SMILES string of the molecule is CC/C=C\C/C=C\C/C=C\C/C=C\C/C=C\CCCCCC(=O)OC1C(OCC(COC(=O)CCCC/C=C\C/C=C\C/C=C\C/C=C\CC)OC(=O)CCCCCCC/C=C\C/C=C\CCC)OC(C(=O)O)C(O)C1O. The normalized spacial score (nSPS) is 19.0. The summed E-state index contributed by atoms with van der Waals surface area (Å²) in [5, 5.41) is 31.5. The molecule has 6 unspecified atom stereocenters. The van der Waals surface area contributed by atoms with E-state index in [4.69, 9.17) is 23.7 Å². The zero-order valence-electron chi connectivity index (χ0n) is 47.4. The molecule has 432 valence electrons. The fraction of sp³-hybridized carbons (Fsp3) is 0.600. The Hall–Kier alpha value is -5.14. The third-order valence-electron chi connectivity index (χ3n) is 12.2. The summed E-state index contributed by atoms with van der Waals surface area (Å²) in [4.78, 5) is 51.1. The Labute approximate surface area is 464 Å². The minimum atomic E-state index is -1.93. The molecule has 0 saturated carbocycles. The lowest BCUT2D eigenvalue weighted by molar-refractivity contribution is -0.301. The maximum atomic E-state index is 13.1. The molecule has 0 aromatic rings. The van der Waals surface area contributed by atoms with E-state index in [1.807, 2.05) is 0 Å². The van der Waals surface area contributed by atoms with Crippen LogP contribution in [0.4, 0.5) is 0 Å². The summed E-state index contributed by atoms with van der Waals surface area (Å²) in [5.74, 6) is -3.26. The van der Waals surface area contributed by atoms with Gasteiger partial charge in [-0.25, -0.2) is 4.79 Å². The van der Waals surface area contributed by atoms with Gasteiger partial charge in [-0.2, -0.15) is 0 Å². The molecule has 0 bridgehead atoms. The first kappa shape index (κ1) is 69.9. The largest absolute Gasteiger partial charge is 0.479 e. The standard InChI is InChI=1S/C65H100O12/c1-4-7-10-13-16-19-22-25-27-28-29-30-32-35-38-41-44-47-50-53-59(68)76-63-61(70)60(69)62(64(71)72)77-65(63)74-55-56(75-58(67)52-49-46-43-40-37-33-24-21-18-15-12-9-6-3)54-73-57(66)51-48-45-42-39-36-34-31-26-23-20-17-14-11-8-5-2/h7-8,10-12,15-17,19-21,24-27,29-31,35-36,38-39,56,60-63,65,69-70H,4-6,9,13-14,18,22-23,28,32-34,37,40-55H2,1-3H3,(H,71,72)/b10-7-,11-8-,15-12-,19-16-,20-17-,24-21-,27-25-,30-29-,31-26-,38-35-,39-36-. The van der Waals surface area contributed by atoms with Gasteiger partial charge in [-0.1, -0.05) is 187 Å². The van der Waals surface area contributed by atoms with Crippen LogP contribution >= 0.6 is 0 Å². The van der Waals surface area contributed by atoms with Crippen molar-refractivity contribution in [3.63, 3.8) is 0 Å². The van der Waals surface area contributed by atoms with Gasteiger partial charge in [-0.3, -0.25) is 14.4 Å². The molecule has 1 saturated heterocycles. The van der Waals surface area contributed by atoms with Gasteiger partial charge in [-0.05, 0) is 128 Å². The second-order valence-corrected chi connectivity index (χ2v) is 19.2. The Morgan fingerprint density at radius 1 is 0.442 bits per heavy atom. The summed E-state index contributed by atoms with van der Waals surface area (Å²) in [6.07, 6.45) is 59.9. The van der Waals surface area contributed by atoms with Crippen LogP contribution in [0.3, 0.4) is 0 Å². The van der Waals surface area contributed by atoms with Crippen molar-refractivity contribution in [2.45, 2.75) is 237 Å². The van der Waals surface area contributed by atoms with Crippen molar-refractivity contribution in [2.24, 2.45) is 0 Å². The van der Waals surface area contributed by atoms with Crippen molar-refractivity contribution in [3.8, 4) is 0 Å². The Bertz CT molecular complexity index is 1850. The summed E-state index contributed by atoms with van der Waals surface area (Å²) in [5.41, 5.74) is 0. The molecule has 1 heterocycles. The van der Waals surface area contributed by atoms with Gasteiger partial charge in [0.25, 0.3) is 0 Å². The lowest BCUT2D eigenvalue weighted by Gasteiger charge is -2.40. The van der Waals surface area contributed by atoms with Crippen LogP contribution in [0.2, 0.25) is 0 Å². The molecule has 0 aliphatic carbocycles. The van der Waals surface area contributed by atoms with Gasteiger partial charge >= 0.3 is 23.9 Å². The van der Waals surface area contributed by atoms with Crippen molar-refractivity contribution in [1.29, 1.82) is 0 Å². The number of carbonyl (C=O) groups is 4. The number of aliphatic carboxylic acids is 1. The zero-order chi connectivity index (χ0) is 56.1. The Morgan fingerprint density at radius 3 is 1.29 bits per heavy atom. The van der Waals surface area contributed by atoms with E-state index in [-0.39, 0.29) is 25.9 Å². The van der Waals surface area contributed by atoms with Gasteiger partial charge in [0.15, 0.2) is 24.6 Å². The molecule has 1 fully saturated rings. The number of aliphatic hydroxyl groups excluding tert-OH is 2. The molecular formula is C65H100O12. The van der Waals surface area contributed by atoms with Crippen molar-refractivity contribution in [3.05, 3.63) is 134 Å². The second kappa shape index (κ2) is 51.6. The highest BCUT2D eigenvalue weighted by molar-refractivity contribution is 5.74. The lowest BCUT2D eigenvalue weighted by atomic mass is 9.98. The van der Waals surface area contributed by atoms with Crippen molar-refractivity contribution in [1.82, 2.24) is 0 Å². The molecule has 6 atom stereocenters. The number of carboxylic acids is 1. The fourth-order valence-corrected chi connectivity index (χ4v) is 7.77. The molecule has 0 aromatic carbocycles. The van der Waals surface area contributed by atoms with Gasteiger partial charge in [-0.15, -0.1) is 0 Å². The number of carboxylic acid groups (broad SMARTS) is 1. The molecule has 0 amide bonds. The third kappa shape index (κ3) is 41.6. The van der Waals surface area contributed by atoms with E-state index in [0.29, 0.717) is 19.3 Å². The fourth-order valence-electron chi connectivity index (χ4n) is 7.77. The Balaban J connectivity index is 2.75. The molecule has 1 aliphatic heterocycles. The van der Waals surface area contributed by atoms with E-state index in [0.717, 1.165) is 141 Å². The smallest absolute Gasteiger partial charge is 0.335 e. The number of hydrogen-bond acceptors (Lipinski definition) is 11. The van der Waals surface area contributed by atoms with E-state index in [1.54, 1.807) is 0 Å². The van der Waals surface area contributed by atoms with Crippen LogP contribution in [0.25, 0.3) is 0 Å². The molecule has 1 rings (SSSR count). The molecule has 77 heavy (non-hydrogen) atoms. The number of aliphatic hydroxyl groups is 2. The maximum Gasteiger partial charge on any atom is 0.335 e. The summed E-state index contributed by atoms with van der Waals surface area (Å²) >= 11 is 0. The summed E-state index contributed by atoms with van der Waals surface area (Å²) in [6, 6.07) is 0. The molecule has 1 aliphatic rings. The number of unbranched alkanes of at least 4 members (excludes halogenated alkanes) is 11. The van der Waals surface area contributed by atoms with Crippen LogP contribution in [-0.4, -0.2) is 89.2 Å². The highest BCUT2D eigenvalue weighted by atomic mass is 16.7. The van der Waals surface area contributed by atoms with Crippen LogP contribution < -0.4 is 0 Å². The van der Waals surface area contributed by atoms with Gasteiger partial charge < -0.3 is 39.0 Å². The average Bonchev–Trinajstić information content (AvgIpc) is 3.42. The van der Waals surface area contributed by atoms with E-state index in [9.17, 15) is 34.5 Å². The van der Waals surface area contributed by atoms with E-state index in [2.05, 4.69) is 154 Å². The van der Waals surface area contributed by atoms with Crippen LogP contribution in [0, 0.1) is 0 Å². The van der Waals surface area contributed by atoms with Gasteiger partial charge in [0, 0.05) is 19.3 Å². The predicted molar refractivity (Wildman–Crippen MR) is 312 cm³/mol. The van der Waals surface area contributed by atoms with Gasteiger partial charge in [0.2, 0.25) is 0 Å². The first-order valence-corrected chi connectivity index (χ1v) is 29.2. The predicted octanol–water partition coefficient (Wildman–Crippen LogP) is 15.0. The lowest BCUT2D eigenvalue weighted by Crippen LogP contribution is -2.61. The quantitative estimate of drug-likeness (QED) is 0.0228. The second-order valence-electron chi connectivity index (χ2n) is 19.2. The summed E-state index contributed by atoms with van der Waals surface area (Å²) < 4.78 is 28.3. The van der Waals surface area contributed by atoms with E-state index < -0.39 is 67.3 Å². The summed E-state index contributed by atoms with van der Waals surface area (Å²) in [7, 11) is 0. The first-order valence-electron chi connectivity index (χ1n) is 29.2. The van der Waals surface area contributed by atoms with Gasteiger partial charge in [0.05, 0.1) is 6.61 Å². The monoisotopic (exact) mass is 1070 g/mol. The molecular weight excluding hydrogens is 973 g/mol. The Morgan fingerprint density at radius 2 is 0.818 bits per heavy atom. The number of allylic oxidation sites excluding steroid dienone is 22. The van der Waals surface area contributed by atoms with Gasteiger partial charge in [0.1, 0.15) is 18.8 Å². The van der Waals surface area contributed by atoms with Crippen LogP contribution in [-0.2, 0) is 42.9 Å². The van der Waals surface area contributed by atoms with Crippen LogP contribution in [0.5, 0.6) is 0 Å². The minimum absolute atomic E-state index is 0.00769. The summed E-state index contributed by atoms with van der Waals surface area (Å²) in [6.45, 7) is 5.61. The molecule has 0 aromatic heterocycles. The molecule has 12 heteroatoms.